The molecule has 0 amide bonds. The zero-order valence-electron chi connectivity index (χ0n) is 19.9. The van der Waals surface area contributed by atoms with Gasteiger partial charge in [0.05, 0.1) is 6.42 Å². The number of hydrogen-bond acceptors (Lipinski definition) is 3. The van der Waals surface area contributed by atoms with E-state index in [-0.39, 0.29) is 18.1 Å². The topological polar surface area (TPSA) is 57.5 Å². The molecule has 0 aromatic heterocycles. The molecule has 30 heavy (non-hydrogen) atoms. The molecule has 0 saturated heterocycles. The van der Waals surface area contributed by atoms with Crippen molar-refractivity contribution in [1.82, 2.24) is 0 Å². The third kappa shape index (κ3) is 3.34. The van der Waals surface area contributed by atoms with Crippen LogP contribution in [-0.4, -0.2) is 21.8 Å². The first-order valence-electron chi connectivity index (χ1n) is 12.7. The normalized spacial score (nSPS) is 43.6. The van der Waals surface area contributed by atoms with Gasteiger partial charge in [-0.1, -0.05) is 59.5 Å². The smallest absolute Gasteiger partial charge is 0.179 e. The highest BCUT2D eigenvalue weighted by Crippen LogP contribution is 2.68. The fourth-order valence-corrected chi connectivity index (χ4v) is 8.70. The van der Waals surface area contributed by atoms with Crippen LogP contribution in [0.5, 0.6) is 0 Å². The predicted octanol–water partition coefficient (Wildman–Crippen LogP) is 5.89. The van der Waals surface area contributed by atoms with Crippen LogP contribution in [0.15, 0.2) is 11.6 Å². The lowest BCUT2D eigenvalue weighted by molar-refractivity contribution is -0.263. The SMILES string of the molecule is CC(C)CCC[C@@H](C)[C@H]1CC[C@H]2[C@@H]3CCC4=CC(=O)CC(O)(O)[C@]4(C)[C@H]3CC[C@]12C. The van der Waals surface area contributed by atoms with Gasteiger partial charge in [0.2, 0.25) is 0 Å². The molecule has 170 valence electrons. The second-order valence-corrected chi connectivity index (χ2v) is 12.3. The summed E-state index contributed by atoms with van der Waals surface area (Å²) in [7, 11) is 0. The molecule has 0 radical (unpaired) electrons. The van der Waals surface area contributed by atoms with Gasteiger partial charge in [0, 0.05) is 5.41 Å². The minimum Gasteiger partial charge on any atom is -0.365 e. The Morgan fingerprint density at radius 3 is 2.47 bits per heavy atom. The molecule has 0 bridgehead atoms. The Balaban J connectivity index is 1.55. The van der Waals surface area contributed by atoms with Crippen LogP contribution < -0.4 is 0 Å². The number of fused-ring (bicyclic) bond motifs is 5. The first-order chi connectivity index (χ1) is 14.0. The lowest BCUT2D eigenvalue weighted by Gasteiger charge is -2.61. The van der Waals surface area contributed by atoms with E-state index in [0.29, 0.717) is 17.3 Å². The number of carbonyl (C=O) groups is 1. The van der Waals surface area contributed by atoms with E-state index in [0.717, 1.165) is 42.6 Å². The summed E-state index contributed by atoms with van der Waals surface area (Å²) >= 11 is 0. The Bertz CT molecular complexity index is 707. The van der Waals surface area contributed by atoms with Gasteiger partial charge in [-0.25, -0.2) is 0 Å². The molecule has 4 aliphatic carbocycles. The summed E-state index contributed by atoms with van der Waals surface area (Å²) in [6.07, 6.45) is 12.5. The minimum absolute atomic E-state index is 0.122. The van der Waals surface area contributed by atoms with Crippen LogP contribution in [0.2, 0.25) is 0 Å². The summed E-state index contributed by atoms with van der Waals surface area (Å²) in [6.45, 7) is 11.8. The first-order valence-corrected chi connectivity index (χ1v) is 12.7. The summed E-state index contributed by atoms with van der Waals surface area (Å²) in [5, 5.41) is 22.0. The molecule has 4 rings (SSSR count). The van der Waals surface area contributed by atoms with Crippen molar-refractivity contribution in [2.45, 2.75) is 105 Å². The minimum atomic E-state index is -1.90. The van der Waals surface area contributed by atoms with Crippen molar-refractivity contribution >= 4 is 5.78 Å². The van der Waals surface area contributed by atoms with Crippen molar-refractivity contribution in [2.75, 3.05) is 0 Å². The second kappa shape index (κ2) is 7.73. The van der Waals surface area contributed by atoms with Crippen molar-refractivity contribution in [2.24, 2.45) is 46.3 Å². The molecule has 3 nitrogen and oxygen atoms in total. The summed E-state index contributed by atoms with van der Waals surface area (Å²) in [6, 6.07) is 0. The number of ketones is 1. The van der Waals surface area contributed by atoms with Crippen LogP contribution in [0.3, 0.4) is 0 Å². The van der Waals surface area contributed by atoms with Gasteiger partial charge in [-0.3, -0.25) is 4.79 Å². The lowest BCUT2D eigenvalue weighted by atomic mass is 9.45. The van der Waals surface area contributed by atoms with Crippen molar-refractivity contribution in [3.63, 3.8) is 0 Å². The molecule has 0 unspecified atom stereocenters. The quantitative estimate of drug-likeness (QED) is 0.550. The van der Waals surface area contributed by atoms with E-state index < -0.39 is 11.2 Å². The highest BCUT2D eigenvalue weighted by atomic mass is 16.5. The molecule has 3 saturated carbocycles. The van der Waals surface area contributed by atoms with Crippen LogP contribution in [0.25, 0.3) is 0 Å². The Hall–Kier alpha value is -0.670. The fourth-order valence-electron chi connectivity index (χ4n) is 8.70. The van der Waals surface area contributed by atoms with Gasteiger partial charge in [0.25, 0.3) is 0 Å². The largest absolute Gasteiger partial charge is 0.365 e. The second-order valence-electron chi connectivity index (χ2n) is 12.3. The van der Waals surface area contributed by atoms with Crippen LogP contribution in [0.1, 0.15) is 98.8 Å². The summed E-state index contributed by atoms with van der Waals surface area (Å²) < 4.78 is 0. The molecule has 3 fully saturated rings. The zero-order chi connectivity index (χ0) is 21.9. The van der Waals surface area contributed by atoms with Crippen molar-refractivity contribution in [1.29, 1.82) is 0 Å². The third-order valence-corrected chi connectivity index (χ3v) is 10.4. The van der Waals surface area contributed by atoms with Gasteiger partial charge < -0.3 is 10.2 Å². The van der Waals surface area contributed by atoms with E-state index in [2.05, 4.69) is 27.7 Å². The Kier molecular flexibility index (Phi) is 5.80. The van der Waals surface area contributed by atoms with Gasteiger partial charge in [0.1, 0.15) is 0 Å². The Labute approximate surface area is 183 Å². The fraction of sp³-hybridized carbons (Fsp3) is 0.889. The molecule has 4 aliphatic rings. The monoisotopic (exact) mass is 416 g/mol. The molecule has 0 spiro atoms. The van der Waals surface area contributed by atoms with Crippen molar-refractivity contribution in [3.8, 4) is 0 Å². The molecule has 0 aliphatic heterocycles. The summed E-state index contributed by atoms with van der Waals surface area (Å²) in [4.78, 5) is 12.1. The summed E-state index contributed by atoms with van der Waals surface area (Å²) in [5.74, 6) is 1.91. The van der Waals surface area contributed by atoms with Crippen LogP contribution in [0.4, 0.5) is 0 Å². The van der Waals surface area contributed by atoms with E-state index >= 15 is 0 Å². The van der Waals surface area contributed by atoms with Gasteiger partial charge in [-0.2, -0.15) is 0 Å². The van der Waals surface area contributed by atoms with E-state index in [9.17, 15) is 15.0 Å². The van der Waals surface area contributed by atoms with Crippen molar-refractivity contribution in [3.05, 3.63) is 11.6 Å². The first kappa shape index (κ1) is 22.5. The van der Waals surface area contributed by atoms with Crippen molar-refractivity contribution < 1.29 is 15.0 Å². The molecule has 2 N–H and O–H groups in total. The lowest BCUT2D eigenvalue weighted by Crippen LogP contribution is -2.61. The van der Waals surface area contributed by atoms with Crippen LogP contribution in [0, 0.1) is 46.3 Å². The van der Waals surface area contributed by atoms with E-state index in [1.165, 1.54) is 38.5 Å². The molecule has 3 heteroatoms. The van der Waals surface area contributed by atoms with Crippen LogP contribution in [-0.2, 0) is 4.79 Å². The molecule has 0 heterocycles. The number of carbonyl (C=O) groups excluding carboxylic acids is 1. The maximum atomic E-state index is 12.1. The average Bonchev–Trinajstić information content (AvgIpc) is 2.99. The maximum Gasteiger partial charge on any atom is 0.179 e. The van der Waals surface area contributed by atoms with E-state index in [4.69, 9.17) is 0 Å². The molecular weight excluding hydrogens is 372 g/mol. The standard InChI is InChI=1S/C27H44O3/c1-17(2)7-6-8-18(3)22-11-12-23-21-10-9-19-15-20(28)16-27(29,30)26(19,5)24(21)13-14-25(22,23)4/h15,17-18,21-24,29-30H,6-14,16H2,1-5H3/t18-,21+,22-,23+,24+,25-,26+/m1/s1. The maximum absolute atomic E-state index is 12.1. The number of aliphatic hydroxyl groups is 2. The zero-order valence-corrected chi connectivity index (χ0v) is 19.9. The Morgan fingerprint density at radius 2 is 1.77 bits per heavy atom. The van der Waals surface area contributed by atoms with Crippen LogP contribution >= 0.6 is 0 Å². The Morgan fingerprint density at radius 1 is 1.03 bits per heavy atom. The van der Waals surface area contributed by atoms with Gasteiger partial charge >= 0.3 is 0 Å². The van der Waals surface area contributed by atoms with Gasteiger partial charge in [-0.15, -0.1) is 0 Å². The average molecular weight is 417 g/mol. The molecule has 0 aromatic rings. The predicted molar refractivity (Wildman–Crippen MR) is 121 cm³/mol. The summed E-state index contributed by atoms with van der Waals surface area (Å²) in [5.41, 5.74) is 0.741. The molecule has 0 aromatic carbocycles. The number of hydrogen-bond donors (Lipinski definition) is 2. The van der Waals surface area contributed by atoms with Gasteiger partial charge in [-0.05, 0) is 85.5 Å². The highest BCUT2D eigenvalue weighted by Gasteiger charge is 2.64. The molecular formula is C27H44O3. The van der Waals surface area contributed by atoms with Gasteiger partial charge in [0.15, 0.2) is 11.6 Å². The highest BCUT2D eigenvalue weighted by molar-refractivity contribution is 5.92. The van der Waals surface area contributed by atoms with E-state index in [1.807, 2.05) is 6.92 Å². The molecule has 7 atom stereocenters. The number of rotatable bonds is 5. The third-order valence-electron chi connectivity index (χ3n) is 10.4. The van der Waals surface area contributed by atoms with E-state index in [1.54, 1.807) is 6.08 Å².